The largest absolute Gasteiger partial charge is 0.477 e. The summed E-state index contributed by atoms with van der Waals surface area (Å²) in [5, 5.41) is 16.7. The van der Waals surface area contributed by atoms with Gasteiger partial charge in [0.15, 0.2) is 0 Å². The molecule has 4 heterocycles. The molecule has 1 aliphatic heterocycles. The lowest BCUT2D eigenvalue weighted by Crippen LogP contribution is -2.62. The summed E-state index contributed by atoms with van der Waals surface area (Å²) in [6.45, 7) is 4.06. The van der Waals surface area contributed by atoms with E-state index in [0.717, 1.165) is 66.6 Å². The molecule has 3 aliphatic rings. The molecule has 40 heavy (non-hydrogen) atoms. The van der Waals surface area contributed by atoms with Crippen molar-refractivity contribution < 1.29 is 14.4 Å². The van der Waals surface area contributed by atoms with Crippen molar-refractivity contribution in [3.8, 4) is 11.3 Å². The van der Waals surface area contributed by atoms with E-state index in [2.05, 4.69) is 44.3 Å². The van der Waals surface area contributed by atoms with Gasteiger partial charge in [-0.15, -0.1) is 0 Å². The van der Waals surface area contributed by atoms with Gasteiger partial charge >= 0.3 is 5.97 Å². The van der Waals surface area contributed by atoms with Gasteiger partial charge in [0.1, 0.15) is 17.1 Å². The van der Waals surface area contributed by atoms with Crippen molar-refractivity contribution >= 4 is 51.7 Å². The number of halogens is 2. The predicted molar refractivity (Wildman–Crippen MR) is 156 cm³/mol. The number of aryl methyl sites for hydroxylation is 1. The number of carboxylic acid groups (broad SMARTS) is 1. The molecule has 0 radical (unpaired) electrons. The van der Waals surface area contributed by atoms with Crippen molar-refractivity contribution in [1.82, 2.24) is 15.1 Å². The van der Waals surface area contributed by atoms with Gasteiger partial charge in [-0.2, -0.15) is 0 Å². The number of aromatic carboxylic acids is 1. The minimum Gasteiger partial charge on any atom is -0.477 e. The molecule has 3 fully saturated rings. The molecule has 7 nitrogen and oxygen atoms in total. The Labute approximate surface area is 241 Å². The lowest BCUT2D eigenvalue weighted by Gasteiger charge is -2.59. The van der Waals surface area contributed by atoms with Crippen LogP contribution < -0.4 is 4.90 Å². The van der Waals surface area contributed by atoms with Crippen LogP contribution in [0, 0.1) is 11.3 Å². The van der Waals surface area contributed by atoms with Gasteiger partial charge in [-0.1, -0.05) is 53.5 Å². The summed E-state index contributed by atoms with van der Waals surface area (Å²) in [5.41, 5.74) is 4.79. The molecule has 3 aromatic heterocycles. The Bertz CT molecular complexity index is 1660. The SMILES string of the molecule is CCc1nc(C(=O)O)cc2ccc(N3CC4(CC(/C=C/c5c(-c6c(Cl)cncc6Cl)noc5C5CC5)C4)C3)cc12. The molecular formula is C31H28Cl2N4O3. The molecule has 0 unspecified atom stereocenters. The van der Waals surface area contributed by atoms with Gasteiger partial charge < -0.3 is 14.5 Å². The molecule has 7 rings (SSSR count). The number of carbonyl (C=O) groups is 1. The van der Waals surface area contributed by atoms with E-state index < -0.39 is 5.97 Å². The number of pyridine rings is 2. The minimum atomic E-state index is -0.993. The van der Waals surface area contributed by atoms with Gasteiger partial charge in [-0.3, -0.25) is 4.98 Å². The molecule has 0 bridgehead atoms. The van der Waals surface area contributed by atoms with Gasteiger partial charge in [-0.25, -0.2) is 9.78 Å². The molecular weight excluding hydrogens is 547 g/mol. The maximum atomic E-state index is 11.5. The van der Waals surface area contributed by atoms with Crippen LogP contribution in [0.4, 0.5) is 5.69 Å². The molecule has 1 N–H and O–H groups in total. The molecule has 1 aromatic carbocycles. The van der Waals surface area contributed by atoms with Crippen LogP contribution in [0.3, 0.4) is 0 Å². The van der Waals surface area contributed by atoms with E-state index >= 15 is 0 Å². The summed E-state index contributed by atoms with van der Waals surface area (Å²) < 4.78 is 5.79. The highest BCUT2D eigenvalue weighted by Gasteiger charge is 2.51. The second-order valence-electron chi connectivity index (χ2n) is 11.5. The number of carboxylic acids is 1. The second kappa shape index (κ2) is 9.60. The first-order valence-corrected chi connectivity index (χ1v) is 14.5. The highest BCUT2D eigenvalue weighted by atomic mass is 35.5. The molecule has 0 atom stereocenters. The Morgan fingerprint density at radius 3 is 2.60 bits per heavy atom. The summed E-state index contributed by atoms with van der Waals surface area (Å²) in [4.78, 5) is 22.3. The number of fused-ring (bicyclic) bond motifs is 1. The lowest BCUT2D eigenvalue weighted by molar-refractivity contribution is 0.0486. The molecule has 4 aromatic rings. The number of hydrogen-bond donors (Lipinski definition) is 1. The van der Waals surface area contributed by atoms with E-state index in [-0.39, 0.29) is 5.69 Å². The van der Waals surface area contributed by atoms with Gasteiger partial charge in [-0.05, 0) is 61.6 Å². The Morgan fingerprint density at radius 1 is 1.18 bits per heavy atom. The number of allylic oxidation sites excluding steroid dienone is 1. The summed E-state index contributed by atoms with van der Waals surface area (Å²) in [6.07, 6.45) is 12.8. The number of hydrogen-bond acceptors (Lipinski definition) is 6. The summed E-state index contributed by atoms with van der Waals surface area (Å²) in [5.74, 6) is 0.844. The third-order valence-electron chi connectivity index (χ3n) is 8.59. The van der Waals surface area contributed by atoms with Crippen molar-refractivity contribution in [2.75, 3.05) is 18.0 Å². The summed E-state index contributed by atoms with van der Waals surface area (Å²) in [6, 6.07) is 7.94. The molecule has 2 saturated carbocycles. The van der Waals surface area contributed by atoms with E-state index in [1.807, 2.05) is 13.0 Å². The monoisotopic (exact) mass is 574 g/mol. The standard InChI is InChI=1S/C31H28Cl2N4O3/c1-2-25-22-10-20(7-6-19(22)9-26(35-25)30(38)39)37-15-31(16-37)11-17(12-31)3-8-21-28(36-40-29(21)18-4-5-18)27-23(32)13-34-14-24(27)33/h3,6-10,13-14,17-18H,2,4-5,11-12,15-16H2,1H3,(H,38,39)/b8-3+. The average Bonchev–Trinajstić information content (AvgIpc) is 3.66. The maximum Gasteiger partial charge on any atom is 0.354 e. The number of benzene rings is 1. The van der Waals surface area contributed by atoms with Crippen LogP contribution in [0.25, 0.3) is 28.1 Å². The molecule has 204 valence electrons. The van der Waals surface area contributed by atoms with Gasteiger partial charge in [0.25, 0.3) is 0 Å². The highest BCUT2D eigenvalue weighted by Crippen LogP contribution is 2.54. The normalized spacial score (nSPS) is 18.4. The zero-order valence-corrected chi connectivity index (χ0v) is 23.5. The fourth-order valence-corrected chi connectivity index (χ4v) is 6.98. The highest BCUT2D eigenvalue weighted by molar-refractivity contribution is 6.39. The number of nitrogens with zero attached hydrogens (tertiary/aromatic N) is 4. The van der Waals surface area contributed by atoms with E-state index in [0.29, 0.717) is 45.0 Å². The summed E-state index contributed by atoms with van der Waals surface area (Å²) in [7, 11) is 0. The van der Waals surface area contributed by atoms with Crippen LogP contribution in [0.5, 0.6) is 0 Å². The second-order valence-corrected chi connectivity index (χ2v) is 12.3. The zero-order chi connectivity index (χ0) is 27.6. The Morgan fingerprint density at radius 2 is 1.93 bits per heavy atom. The van der Waals surface area contributed by atoms with Crippen LogP contribution >= 0.6 is 23.2 Å². The number of aromatic nitrogens is 3. The van der Waals surface area contributed by atoms with Crippen molar-refractivity contribution in [3.05, 3.63) is 75.5 Å². The summed E-state index contributed by atoms with van der Waals surface area (Å²) >= 11 is 12.9. The fraction of sp³-hybridized carbons (Fsp3) is 0.355. The Balaban J connectivity index is 1.05. The molecule has 1 saturated heterocycles. The van der Waals surface area contributed by atoms with Crippen molar-refractivity contribution in [2.45, 2.75) is 44.9 Å². The molecule has 2 aliphatic carbocycles. The lowest BCUT2D eigenvalue weighted by atomic mass is 9.57. The quantitative estimate of drug-likeness (QED) is 0.242. The van der Waals surface area contributed by atoms with Crippen molar-refractivity contribution in [2.24, 2.45) is 11.3 Å². The maximum absolute atomic E-state index is 11.5. The van der Waals surface area contributed by atoms with Crippen molar-refractivity contribution in [3.63, 3.8) is 0 Å². The van der Waals surface area contributed by atoms with E-state index in [1.165, 1.54) is 5.69 Å². The van der Waals surface area contributed by atoms with Crippen LogP contribution in [-0.4, -0.2) is 39.3 Å². The topological polar surface area (TPSA) is 92.3 Å². The van der Waals surface area contributed by atoms with Gasteiger partial charge in [0.2, 0.25) is 0 Å². The smallest absolute Gasteiger partial charge is 0.354 e. The first-order valence-electron chi connectivity index (χ1n) is 13.7. The van der Waals surface area contributed by atoms with Crippen LogP contribution in [0.15, 0.2) is 47.3 Å². The fourth-order valence-electron chi connectivity index (χ4n) is 6.43. The first-order chi connectivity index (χ1) is 19.3. The molecule has 0 amide bonds. The van der Waals surface area contributed by atoms with Crippen LogP contribution in [0.2, 0.25) is 10.0 Å². The molecule has 9 heteroatoms. The van der Waals surface area contributed by atoms with Gasteiger partial charge in [0, 0.05) is 64.7 Å². The number of anilines is 1. The first kappa shape index (κ1) is 25.5. The Hall–Kier alpha value is -3.42. The van der Waals surface area contributed by atoms with Crippen LogP contribution in [0.1, 0.15) is 66.0 Å². The minimum absolute atomic E-state index is 0.100. The zero-order valence-electron chi connectivity index (χ0n) is 22.0. The van der Waals surface area contributed by atoms with Gasteiger partial charge in [0.05, 0.1) is 10.0 Å². The third-order valence-corrected chi connectivity index (χ3v) is 9.16. The van der Waals surface area contributed by atoms with E-state index in [1.54, 1.807) is 18.5 Å². The molecule has 1 spiro atoms. The number of rotatable bonds is 7. The predicted octanol–water partition coefficient (Wildman–Crippen LogP) is 7.66. The Kier molecular flexibility index (Phi) is 6.13. The van der Waals surface area contributed by atoms with E-state index in [4.69, 9.17) is 27.7 Å². The van der Waals surface area contributed by atoms with Crippen LogP contribution in [-0.2, 0) is 6.42 Å². The van der Waals surface area contributed by atoms with E-state index in [9.17, 15) is 9.90 Å². The average molecular weight is 575 g/mol. The van der Waals surface area contributed by atoms with Crippen molar-refractivity contribution in [1.29, 1.82) is 0 Å². The third kappa shape index (κ3) is 4.36.